The van der Waals surface area contributed by atoms with E-state index in [1.54, 1.807) is 18.2 Å². The zero-order valence-corrected chi connectivity index (χ0v) is 16.8. The minimum atomic E-state index is -0.0760. The average Bonchev–Trinajstić information content (AvgIpc) is 3.17. The maximum atomic E-state index is 12.5. The smallest absolute Gasteiger partial charge is 0.251 e. The van der Waals surface area contributed by atoms with Gasteiger partial charge in [0.2, 0.25) is 5.91 Å². The number of likely N-dealkylation sites (tertiary alicyclic amines) is 1. The molecule has 30 heavy (non-hydrogen) atoms. The third-order valence-corrected chi connectivity index (χ3v) is 6.38. The first-order chi connectivity index (χ1) is 14.6. The van der Waals surface area contributed by atoms with Crippen molar-refractivity contribution in [1.82, 2.24) is 25.6 Å². The number of H-pyrrole nitrogens is 1. The quantitative estimate of drug-likeness (QED) is 0.656. The van der Waals surface area contributed by atoms with Crippen LogP contribution in [-0.2, 0) is 11.2 Å². The van der Waals surface area contributed by atoms with Gasteiger partial charge in [0, 0.05) is 39.4 Å². The Morgan fingerprint density at radius 3 is 2.67 bits per heavy atom. The predicted octanol–water partition coefficient (Wildman–Crippen LogP) is 3.19. The van der Waals surface area contributed by atoms with E-state index in [4.69, 9.17) is 0 Å². The lowest BCUT2D eigenvalue weighted by Gasteiger charge is -2.59. The van der Waals surface area contributed by atoms with E-state index in [1.165, 1.54) is 5.56 Å². The zero-order chi connectivity index (χ0) is 20.6. The molecule has 0 unspecified atom stereocenters. The van der Waals surface area contributed by atoms with Gasteiger partial charge in [-0.15, -0.1) is 0 Å². The van der Waals surface area contributed by atoms with Crippen molar-refractivity contribution >= 4 is 22.8 Å². The molecule has 2 amide bonds. The largest absolute Gasteiger partial charge is 0.349 e. The number of rotatable bonds is 6. The normalized spacial score (nSPS) is 17.5. The van der Waals surface area contributed by atoms with Crippen LogP contribution >= 0.6 is 0 Å². The molecule has 5 rings (SSSR count). The number of benzene rings is 2. The van der Waals surface area contributed by atoms with Crippen LogP contribution < -0.4 is 5.32 Å². The molecule has 0 radical (unpaired) electrons. The van der Waals surface area contributed by atoms with Gasteiger partial charge in [0.15, 0.2) is 0 Å². The van der Waals surface area contributed by atoms with Gasteiger partial charge in [-0.05, 0) is 49.4 Å². The third-order valence-electron chi connectivity index (χ3n) is 6.38. The number of hydrogen-bond donors (Lipinski definition) is 2. The molecule has 2 fully saturated rings. The number of nitrogens with zero attached hydrogens (tertiary/aromatic N) is 3. The minimum Gasteiger partial charge on any atom is -0.349 e. The van der Waals surface area contributed by atoms with E-state index in [0.29, 0.717) is 17.5 Å². The van der Waals surface area contributed by atoms with E-state index in [1.807, 2.05) is 23.1 Å². The van der Waals surface area contributed by atoms with Crippen LogP contribution in [0.3, 0.4) is 0 Å². The fourth-order valence-electron chi connectivity index (χ4n) is 4.78. The summed E-state index contributed by atoms with van der Waals surface area (Å²) in [7, 11) is 0. The number of carbonyl (C=O) groups excluding carboxylic acids is 2. The summed E-state index contributed by atoms with van der Waals surface area (Å²) in [5, 5.41) is 13.7. The summed E-state index contributed by atoms with van der Waals surface area (Å²) in [6.07, 6.45) is 4.33. The van der Waals surface area contributed by atoms with Crippen LogP contribution in [0.1, 0.15) is 44.5 Å². The van der Waals surface area contributed by atoms with Gasteiger partial charge >= 0.3 is 0 Å². The maximum Gasteiger partial charge on any atom is 0.251 e. The highest BCUT2D eigenvalue weighted by atomic mass is 16.2. The molecule has 2 aromatic carbocycles. The topological polar surface area (TPSA) is 91.0 Å². The second-order valence-electron chi connectivity index (χ2n) is 8.69. The van der Waals surface area contributed by atoms with Crippen molar-refractivity contribution in [3.05, 3.63) is 59.7 Å². The predicted molar refractivity (Wildman–Crippen MR) is 117 cm³/mol. The number of aromatic nitrogens is 3. The molecule has 2 N–H and O–H groups in total. The molecule has 1 aliphatic carbocycles. The average molecular weight is 408 g/mol. The number of hydrogen-bond acceptors (Lipinski definition) is 4. The number of aromatic amines is 1. The van der Waals surface area contributed by atoms with Crippen molar-refractivity contribution in [3.63, 3.8) is 0 Å². The SMILES string of the molecule is O=C(NC1CC2(C1)CN(C(=O)CCCc1ccccc1)C2)c1ccc2n[nH]nc2c1.[HH].[HH]. The molecule has 1 aromatic heterocycles. The van der Waals surface area contributed by atoms with Gasteiger partial charge in [0.25, 0.3) is 5.91 Å². The van der Waals surface area contributed by atoms with Crippen molar-refractivity contribution in [3.8, 4) is 0 Å². The number of fused-ring (bicyclic) bond motifs is 1. The van der Waals surface area contributed by atoms with E-state index >= 15 is 0 Å². The fourth-order valence-corrected chi connectivity index (χ4v) is 4.78. The number of carbonyl (C=O) groups is 2. The van der Waals surface area contributed by atoms with Crippen molar-refractivity contribution in [1.29, 1.82) is 0 Å². The Morgan fingerprint density at radius 2 is 1.87 bits per heavy atom. The molecule has 2 heterocycles. The Kier molecular flexibility index (Phi) is 4.73. The van der Waals surface area contributed by atoms with Crippen molar-refractivity contribution in [2.45, 2.75) is 38.1 Å². The van der Waals surface area contributed by atoms with Gasteiger partial charge in [-0.2, -0.15) is 15.4 Å². The summed E-state index contributed by atoms with van der Waals surface area (Å²) in [6.45, 7) is 1.66. The molecule has 3 aromatic rings. The summed E-state index contributed by atoms with van der Waals surface area (Å²) >= 11 is 0. The highest BCUT2D eigenvalue weighted by molar-refractivity contribution is 5.97. The van der Waals surface area contributed by atoms with Crippen molar-refractivity contribution < 1.29 is 12.4 Å². The van der Waals surface area contributed by atoms with E-state index in [-0.39, 0.29) is 26.1 Å². The molecule has 158 valence electrons. The number of aryl methyl sites for hydroxylation is 1. The number of amides is 2. The first-order valence-electron chi connectivity index (χ1n) is 10.5. The molecule has 1 aliphatic heterocycles. The number of nitrogens with one attached hydrogen (secondary N) is 2. The van der Waals surface area contributed by atoms with Crippen LogP contribution in [0.4, 0.5) is 0 Å². The summed E-state index contributed by atoms with van der Waals surface area (Å²) < 4.78 is 0. The van der Waals surface area contributed by atoms with Gasteiger partial charge in [-0.25, -0.2) is 0 Å². The molecule has 1 spiro atoms. The summed E-state index contributed by atoms with van der Waals surface area (Å²) in [6, 6.07) is 15.8. The van der Waals surface area contributed by atoms with Crippen molar-refractivity contribution in [2.75, 3.05) is 13.1 Å². The summed E-state index contributed by atoms with van der Waals surface area (Å²) in [5.74, 6) is 0.179. The first-order valence-corrected chi connectivity index (χ1v) is 10.5. The van der Waals surface area contributed by atoms with Crippen LogP contribution in [0.25, 0.3) is 11.0 Å². The van der Waals surface area contributed by atoms with Gasteiger partial charge in [0.1, 0.15) is 11.0 Å². The monoisotopic (exact) mass is 407 g/mol. The van der Waals surface area contributed by atoms with Gasteiger partial charge in [-0.1, -0.05) is 30.3 Å². The van der Waals surface area contributed by atoms with E-state index in [2.05, 4.69) is 32.9 Å². The Morgan fingerprint density at radius 1 is 1.10 bits per heavy atom. The van der Waals surface area contributed by atoms with Crippen molar-refractivity contribution in [2.24, 2.45) is 5.41 Å². The van der Waals surface area contributed by atoms with Gasteiger partial charge in [0.05, 0.1) is 0 Å². The zero-order valence-electron chi connectivity index (χ0n) is 16.8. The molecule has 7 heteroatoms. The Hall–Kier alpha value is -3.22. The van der Waals surface area contributed by atoms with Crippen LogP contribution in [0.2, 0.25) is 0 Å². The molecule has 1 saturated heterocycles. The van der Waals surface area contributed by atoms with Crippen LogP contribution in [0.15, 0.2) is 48.5 Å². The minimum absolute atomic E-state index is 0. The van der Waals surface area contributed by atoms with E-state index in [0.717, 1.165) is 44.3 Å². The molecule has 2 aliphatic rings. The van der Waals surface area contributed by atoms with Crippen LogP contribution in [0.5, 0.6) is 0 Å². The molecule has 0 atom stereocenters. The molecular weight excluding hydrogens is 378 g/mol. The summed E-state index contributed by atoms with van der Waals surface area (Å²) in [5.41, 5.74) is 3.53. The summed E-state index contributed by atoms with van der Waals surface area (Å²) in [4.78, 5) is 26.9. The highest BCUT2D eigenvalue weighted by Gasteiger charge is 2.53. The van der Waals surface area contributed by atoms with Gasteiger partial charge < -0.3 is 10.2 Å². The first kappa shape index (κ1) is 18.8. The lowest BCUT2D eigenvalue weighted by molar-refractivity contribution is -0.151. The van der Waals surface area contributed by atoms with Crippen LogP contribution in [0, 0.1) is 5.41 Å². The molecule has 1 saturated carbocycles. The third kappa shape index (κ3) is 3.67. The second kappa shape index (κ2) is 7.55. The molecule has 7 nitrogen and oxygen atoms in total. The van der Waals surface area contributed by atoms with Crippen LogP contribution in [-0.4, -0.2) is 51.3 Å². The van der Waals surface area contributed by atoms with Gasteiger partial charge in [-0.3, -0.25) is 9.59 Å². The Balaban J connectivity index is 0.00000144. The lowest BCUT2D eigenvalue weighted by Crippen LogP contribution is -2.67. The lowest BCUT2D eigenvalue weighted by atomic mass is 9.60. The Bertz CT molecular complexity index is 1070. The fraction of sp³-hybridized carbons (Fsp3) is 0.391. The van der Waals surface area contributed by atoms with E-state index in [9.17, 15) is 9.59 Å². The van der Waals surface area contributed by atoms with E-state index < -0.39 is 0 Å². The maximum absolute atomic E-state index is 12.5. The molecular formula is C23H29N5O2. The standard InChI is InChI=1S/C23H25N5O2.2H2/c29-21(8-4-7-16-5-2-1-3-6-16)28-14-23(15-28)12-18(13-23)24-22(30)17-9-10-19-20(11-17)26-27-25-19;;/h1-3,5-6,9-11,18H,4,7-8,12-15H2,(H,24,30)(H,25,26,27);2*1H. The second-order valence-corrected chi connectivity index (χ2v) is 8.69. The molecule has 0 bridgehead atoms. The highest BCUT2D eigenvalue weighted by Crippen LogP contribution is 2.48. The Labute approximate surface area is 177 Å².